The minimum atomic E-state index is -0.0316. The maximum atomic E-state index is 11.0. The Kier molecular flexibility index (Phi) is 6.21. The molecule has 21 heavy (non-hydrogen) atoms. The highest BCUT2D eigenvalue weighted by Gasteiger charge is 2.18. The molecule has 4 nitrogen and oxygen atoms in total. The van der Waals surface area contributed by atoms with Crippen molar-refractivity contribution in [1.29, 1.82) is 0 Å². The summed E-state index contributed by atoms with van der Waals surface area (Å²) in [5, 5.41) is 6.27. The van der Waals surface area contributed by atoms with E-state index in [1.54, 1.807) is 0 Å². The molecule has 0 spiro atoms. The second kappa shape index (κ2) is 8.15. The summed E-state index contributed by atoms with van der Waals surface area (Å²) in [6.45, 7) is 4.52. The Bertz CT molecular complexity index is 438. The van der Waals surface area contributed by atoms with Crippen molar-refractivity contribution in [3.8, 4) is 0 Å². The fourth-order valence-electron chi connectivity index (χ4n) is 2.92. The number of nitrogens with zero attached hydrogens (tertiary/aromatic N) is 1. The van der Waals surface area contributed by atoms with Gasteiger partial charge in [0.1, 0.15) is 0 Å². The van der Waals surface area contributed by atoms with E-state index in [1.807, 2.05) is 12.1 Å². The standard InChI is InChI=1S/C17H27N3O/c1-14(21)19-16-9-7-15(8-10-16)13-18-11-12-20(2)17-5-3-4-6-17/h7-10,17-18H,3-6,11-13H2,1-2H3,(H,19,21). The number of amides is 1. The van der Waals surface area contributed by atoms with Gasteiger partial charge in [-0.3, -0.25) is 4.79 Å². The first-order valence-electron chi connectivity index (χ1n) is 7.92. The van der Waals surface area contributed by atoms with E-state index < -0.39 is 0 Å². The van der Waals surface area contributed by atoms with Crippen LogP contribution in [0, 0.1) is 0 Å². The van der Waals surface area contributed by atoms with Crippen LogP contribution in [-0.4, -0.2) is 37.0 Å². The summed E-state index contributed by atoms with van der Waals surface area (Å²) in [6, 6.07) is 8.80. The van der Waals surface area contributed by atoms with Crippen molar-refractivity contribution in [2.45, 2.75) is 45.2 Å². The molecule has 0 radical (unpaired) electrons. The molecule has 1 saturated carbocycles. The Labute approximate surface area is 127 Å². The maximum absolute atomic E-state index is 11.0. The molecule has 0 aromatic heterocycles. The molecule has 2 rings (SSSR count). The van der Waals surface area contributed by atoms with E-state index in [4.69, 9.17) is 0 Å². The number of anilines is 1. The smallest absolute Gasteiger partial charge is 0.221 e. The molecule has 1 aliphatic carbocycles. The maximum Gasteiger partial charge on any atom is 0.221 e. The van der Waals surface area contributed by atoms with Crippen molar-refractivity contribution in [1.82, 2.24) is 10.2 Å². The summed E-state index contributed by atoms with van der Waals surface area (Å²) in [7, 11) is 2.24. The first-order chi connectivity index (χ1) is 10.1. The minimum absolute atomic E-state index is 0.0316. The van der Waals surface area contributed by atoms with Gasteiger partial charge in [-0.2, -0.15) is 0 Å². The summed E-state index contributed by atoms with van der Waals surface area (Å²) in [4.78, 5) is 13.4. The Morgan fingerprint density at radius 1 is 1.24 bits per heavy atom. The highest BCUT2D eigenvalue weighted by Crippen LogP contribution is 2.21. The number of hydrogen-bond donors (Lipinski definition) is 2. The van der Waals surface area contributed by atoms with Gasteiger partial charge in [0.25, 0.3) is 0 Å². The molecule has 0 unspecified atom stereocenters. The van der Waals surface area contributed by atoms with E-state index in [0.717, 1.165) is 31.4 Å². The van der Waals surface area contributed by atoms with Crippen molar-refractivity contribution in [2.75, 3.05) is 25.5 Å². The number of rotatable bonds is 7. The van der Waals surface area contributed by atoms with Crippen molar-refractivity contribution in [3.63, 3.8) is 0 Å². The monoisotopic (exact) mass is 289 g/mol. The molecule has 1 amide bonds. The van der Waals surface area contributed by atoms with Crippen LogP contribution >= 0.6 is 0 Å². The molecule has 4 heteroatoms. The second-order valence-electron chi connectivity index (χ2n) is 5.97. The van der Waals surface area contributed by atoms with Crippen LogP contribution < -0.4 is 10.6 Å². The van der Waals surface area contributed by atoms with Gasteiger partial charge in [-0.15, -0.1) is 0 Å². The summed E-state index contributed by atoms with van der Waals surface area (Å²) >= 11 is 0. The zero-order valence-electron chi connectivity index (χ0n) is 13.2. The lowest BCUT2D eigenvalue weighted by molar-refractivity contribution is -0.114. The minimum Gasteiger partial charge on any atom is -0.326 e. The Morgan fingerprint density at radius 3 is 2.52 bits per heavy atom. The molecular formula is C17H27N3O. The number of carbonyl (C=O) groups is 1. The van der Waals surface area contributed by atoms with Crippen LogP contribution in [0.4, 0.5) is 5.69 Å². The van der Waals surface area contributed by atoms with E-state index in [9.17, 15) is 4.79 Å². The summed E-state index contributed by atoms with van der Waals surface area (Å²) in [5.74, 6) is -0.0316. The number of carbonyl (C=O) groups excluding carboxylic acids is 1. The van der Waals surface area contributed by atoms with Gasteiger partial charge in [-0.1, -0.05) is 25.0 Å². The zero-order valence-corrected chi connectivity index (χ0v) is 13.2. The van der Waals surface area contributed by atoms with Crippen LogP contribution in [0.3, 0.4) is 0 Å². The van der Waals surface area contributed by atoms with Crippen LogP contribution in [0.25, 0.3) is 0 Å². The molecule has 1 fully saturated rings. The number of hydrogen-bond acceptors (Lipinski definition) is 3. The van der Waals surface area contributed by atoms with Crippen molar-refractivity contribution < 1.29 is 4.79 Å². The average Bonchev–Trinajstić information content (AvgIpc) is 2.99. The van der Waals surface area contributed by atoms with Crippen LogP contribution in [0.5, 0.6) is 0 Å². The van der Waals surface area contributed by atoms with Gasteiger partial charge in [-0.05, 0) is 37.6 Å². The van der Waals surface area contributed by atoms with Crippen LogP contribution in [-0.2, 0) is 11.3 Å². The Morgan fingerprint density at radius 2 is 1.90 bits per heavy atom. The van der Waals surface area contributed by atoms with Crippen LogP contribution in [0.15, 0.2) is 24.3 Å². The molecule has 116 valence electrons. The summed E-state index contributed by atoms with van der Waals surface area (Å²) in [5.41, 5.74) is 2.10. The quantitative estimate of drug-likeness (QED) is 0.758. The first kappa shape index (κ1) is 16.0. The molecule has 0 aliphatic heterocycles. The number of benzene rings is 1. The second-order valence-corrected chi connectivity index (χ2v) is 5.97. The summed E-state index contributed by atoms with van der Waals surface area (Å²) < 4.78 is 0. The predicted octanol–water partition coefficient (Wildman–Crippen LogP) is 2.61. The fourth-order valence-corrected chi connectivity index (χ4v) is 2.92. The largest absolute Gasteiger partial charge is 0.326 e. The van der Waals surface area contributed by atoms with Crippen molar-refractivity contribution in [2.24, 2.45) is 0 Å². The normalized spacial score (nSPS) is 15.6. The topological polar surface area (TPSA) is 44.4 Å². The van der Waals surface area contributed by atoms with Crippen molar-refractivity contribution in [3.05, 3.63) is 29.8 Å². The molecule has 1 aromatic rings. The van der Waals surface area contributed by atoms with E-state index >= 15 is 0 Å². The highest BCUT2D eigenvalue weighted by molar-refractivity contribution is 5.88. The zero-order chi connectivity index (χ0) is 15.1. The molecule has 1 aliphatic rings. The van der Waals surface area contributed by atoms with Gasteiger partial charge in [0.15, 0.2) is 0 Å². The Hall–Kier alpha value is -1.39. The molecule has 0 bridgehead atoms. The number of nitrogens with one attached hydrogen (secondary N) is 2. The van der Waals surface area contributed by atoms with Crippen LogP contribution in [0.2, 0.25) is 0 Å². The van der Waals surface area contributed by atoms with E-state index in [-0.39, 0.29) is 5.91 Å². The first-order valence-corrected chi connectivity index (χ1v) is 7.92. The predicted molar refractivity (Wildman–Crippen MR) is 87.3 cm³/mol. The highest BCUT2D eigenvalue weighted by atomic mass is 16.1. The van der Waals surface area contributed by atoms with Crippen LogP contribution in [0.1, 0.15) is 38.2 Å². The van der Waals surface area contributed by atoms with Gasteiger partial charge >= 0.3 is 0 Å². The van der Waals surface area contributed by atoms with Gasteiger partial charge < -0.3 is 15.5 Å². The molecule has 0 atom stereocenters. The van der Waals surface area contributed by atoms with E-state index in [0.29, 0.717) is 0 Å². The molecular weight excluding hydrogens is 262 g/mol. The lowest BCUT2D eigenvalue weighted by Crippen LogP contribution is -2.35. The van der Waals surface area contributed by atoms with Gasteiger partial charge in [0.2, 0.25) is 5.91 Å². The van der Waals surface area contributed by atoms with Gasteiger partial charge in [0, 0.05) is 38.3 Å². The molecule has 1 aromatic carbocycles. The van der Waals surface area contributed by atoms with Crippen molar-refractivity contribution >= 4 is 11.6 Å². The van der Waals surface area contributed by atoms with E-state index in [1.165, 1.54) is 38.2 Å². The molecule has 0 heterocycles. The SMILES string of the molecule is CC(=O)Nc1ccc(CNCCN(C)C2CCCC2)cc1. The third-order valence-corrected chi connectivity index (χ3v) is 4.19. The number of likely N-dealkylation sites (N-methyl/N-ethyl adjacent to an activating group) is 1. The van der Waals surface area contributed by atoms with Gasteiger partial charge in [0.05, 0.1) is 0 Å². The molecule has 0 saturated heterocycles. The molecule has 2 N–H and O–H groups in total. The van der Waals surface area contributed by atoms with Gasteiger partial charge in [-0.25, -0.2) is 0 Å². The lowest BCUT2D eigenvalue weighted by Gasteiger charge is -2.24. The third kappa shape index (κ3) is 5.48. The third-order valence-electron chi connectivity index (χ3n) is 4.19. The fraction of sp³-hybridized carbons (Fsp3) is 0.588. The summed E-state index contributed by atoms with van der Waals surface area (Å²) in [6.07, 6.45) is 5.51. The van der Waals surface area contributed by atoms with E-state index in [2.05, 4.69) is 34.7 Å². The lowest BCUT2D eigenvalue weighted by atomic mass is 10.2. The average molecular weight is 289 g/mol. The Balaban J connectivity index is 1.65.